The minimum Gasteiger partial charge on any atom is -0.344 e. The van der Waals surface area contributed by atoms with Crippen molar-refractivity contribution in [1.29, 1.82) is 5.26 Å². The molecule has 1 amide bonds. The minimum atomic E-state index is 0.0451. The quantitative estimate of drug-likeness (QED) is 0.663. The van der Waals surface area contributed by atoms with Gasteiger partial charge in [-0.25, -0.2) is 0 Å². The topological polar surface area (TPSA) is 44.1 Å². The van der Waals surface area contributed by atoms with Crippen LogP contribution in [0, 0.1) is 23.2 Å². The zero-order valence-electron chi connectivity index (χ0n) is 8.87. The van der Waals surface area contributed by atoms with Crippen molar-refractivity contribution in [1.82, 2.24) is 4.90 Å². The van der Waals surface area contributed by atoms with Crippen molar-refractivity contribution in [3.8, 4) is 6.07 Å². The van der Waals surface area contributed by atoms with Crippen LogP contribution < -0.4 is 0 Å². The van der Waals surface area contributed by atoms with Crippen LogP contribution in [0.1, 0.15) is 27.2 Å². The van der Waals surface area contributed by atoms with Gasteiger partial charge in [-0.15, -0.1) is 0 Å². The summed E-state index contributed by atoms with van der Waals surface area (Å²) in [5.41, 5.74) is 0. The summed E-state index contributed by atoms with van der Waals surface area (Å²) in [7, 11) is 1.75. The van der Waals surface area contributed by atoms with Crippen molar-refractivity contribution < 1.29 is 4.79 Å². The Morgan fingerprint density at radius 2 is 2.00 bits per heavy atom. The molecule has 3 nitrogen and oxygen atoms in total. The number of rotatable bonds is 4. The van der Waals surface area contributed by atoms with Crippen molar-refractivity contribution in [2.24, 2.45) is 11.8 Å². The zero-order chi connectivity index (χ0) is 10.4. The van der Waals surface area contributed by atoms with E-state index >= 15 is 0 Å². The monoisotopic (exact) mass is 182 g/mol. The number of amides is 1. The molecule has 0 aliphatic heterocycles. The molecule has 0 N–H and O–H groups in total. The Morgan fingerprint density at radius 3 is 2.38 bits per heavy atom. The second kappa shape index (κ2) is 5.58. The molecule has 0 bridgehead atoms. The number of hydrogen-bond acceptors (Lipinski definition) is 2. The molecule has 0 aromatic heterocycles. The first-order valence-electron chi connectivity index (χ1n) is 4.62. The first-order chi connectivity index (χ1) is 6.00. The van der Waals surface area contributed by atoms with Crippen LogP contribution in [0.25, 0.3) is 0 Å². The molecule has 1 unspecified atom stereocenters. The molecule has 0 fully saturated rings. The maximum atomic E-state index is 11.6. The molecule has 0 saturated heterocycles. The standard InChI is InChI=1S/C10H18N2O/c1-8(2)9(3)10(13)12(4)7-5-6-11/h8-9H,5,7H2,1-4H3. The summed E-state index contributed by atoms with van der Waals surface area (Å²) >= 11 is 0. The SMILES string of the molecule is CC(C)C(C)C(=O)N(C)CCC#N. The van der Waals surface area contributed by atoms with Gasteiger partial charge in [0.25, 0.3) is 0 Å². The summed E-state index contributed by atoms with van der Waals surface area (Å²) in [6, 6.07) is 2.03. The lowest BCUT2D eigenvalue weighted by Gasteiger charge is -2.22. The minimum absolute atomic E-state index is 0.0451. The largest absolute Gasteiger partial charge is 0.344 e. The lowest BCUT2D eigenvalue weighted by molar-refractivity contribution is -0.134. The Bertz CT molecular complexity index is 205. The highest BCUT2D eigenvalue weighted by Gasteiger charge is 2.19. The Kier molecular flexibility index (Phi) is 5.13. The van der Waals surface area contributed by atoms with Crippen LogP contribution in [0.2, 0.25) is 0 Å². The maximum Gasteiger partial charge on any atom is 0.225 e. The summed E-state index contributed by atoms with van der Waals surface area (Å²) in [5, 5.41) is 8.36. The Labute approximate surface area is 80.3 Å². The van der Waals surface area contributed by atoms with Gasteiger partial charge in [-0.1, -0.05) is 20.8 Å². The molecular formula is C10H18N2O. The molecule has 3 heteroatoms. The van der Waals surface area contributed by atoms with Crippen molar-refractivity contribution in [2.75, 3.05) is 13.6 Å². The number of carbonyl (C=O) groups is 1. The highest BCUT2D eigenvalue weighted by Crippen LogP contribution is 2.12. The molecule has 0 aliphatic carbocycles. The summed E-state index contributed by atoms with van der Waals surface area (Å²) in [5.74, 6) is 0.533. The van der Waals surface area contributed by atoms with Gasteiger partial charge in [0.15, 0.2) is 0 Å². The van der Waals surface area contributed by atoms with Crippen molar-refractivity contribution in [2.45, 2.75) is 27.2 Å². The highest BCUT2D eigenvalue weighted by molar-refractivity contribution is 5.78. The van der Waals surface area contributed by atoms with Crippen LogP contribution in [0.3, 0.4) is 0 Å². The Balaban J connectivity index is 4.03. The first-order valence-corrected chi connectivity index (χ1v) is 4.62. The summed E-state index contributed by atoms with van der Waals surface area (Å²) in [6.45, 7) is 6.52. The average Bonchev–Trinajstić information content (AvgIpc) is 2.11. The van der Waals surface area contributed by atoms with E-state index < -0.39 is 0 Å². The molecule has 0 heterocycles. The summed E-state index contributed by atoms with van der Waals surface area (Å²) in [4.78, 5) is 13.2. The third kappa shape index (κ3) is 3.93. The fraction of sp³-hybridized carbons (Fsp3) is 0.800. The predicted molar refractivity (Wildman–Crippen MR) is 51.9 cm³/mol. The van der Waals surface area contributed by atoms with E-state index in [0.29, 0.717) is 18.9 Å². The summed E-state index contributed by atoms with van der Waals surface area (Å²) in [6.07, 6.45) is 0.410. The smallest absolute Gasteiger partial charge is 0.225 e. The fourth-order valence-electron chi connectivity index (χ4n) is 0.961. The van der Waals surface area contributed by atoms with E-state index in [9.17, 15) is 4.79 Å². The fourth-order valence-corrected chi connectivity index (χ4v) is 0.961. The van der Waals surface area contributed by atoms with Gasteiger partial charge in [-0.3, -0.25) is 4.79 Å². The van der Waals surface area contributed by atoms with Crippen molar-refractivity contribution in [3.05, 3.63) is 0 Å². The summed E-state index contributed by atoms with van der Waals surface area (Å²) < 4.78 is 0. The van der Waals surface area contributed by atoms with Crippen LogP contribution in [0.5, 0.6) is 0 Å². The van der Waals surface area contributed by atoms with Crippen LogP contribution in [0.15, 0.2) is 0 Å². The van der Waals surface area contributed by atoms with E-state index in [1.165, 1.54) is 0 Å². The van der Waals surface area contributed by atoms with Gasteiger partial charge < -0.3 is 4.90 Å². The lowest BCUT2D eigenvalue weighted by Crippen LogP contribution is -2.34. The molecule has 0 aromatic carbocycles. The molecule has 0 rings (SSSR count). The number of hydrogen-bond donors (Lipinski definition) is 0. The van der Waals surface area contributed by atoms with Gasteiger partial charge in [0, 0.05) is 19.5 Å². The molecule has 0 aliphatic rings. The number of nitriles is 1. The predicted octanol–water partition coefficient (Wildman–Crippen LogP) is 1.65. The van der Waals surface area contributed by atoms with Gasteiger partial charge in [-0.2, -0.15) is 5.26 Å². The average molecular weight is 182 g/mol. The molecule has 0 spiro atoms. The third-order valence-corrected chi connectivity index (χ3v) is 2.32. The van der Waals surface area contributed by atoms with Gasteiger partial charge in [-0.05, 0) is 5.92 Å². The van der Waals surface area contributed by atoms with Crippen LogP contribution in [-0.4, -0.2) is 24.4 Å². The molecule has 13 heavy (non-hydrogen) atoms. The Morgan fingerprint density at radius 1 is 1.46 bits per heavy atom. The molecule has 0 aromatic rings. The second-order valence-corrected chi connectivity index (χ2v) is 3.70. The maximum absolute atomic E-state index is 11.6. The van der Waals surface area contributed by atoms with Gasteiger partial charge in [0.05, 0.1) is 12.5 Å². The van der Waals surface area contributed by atoms with E-state index in [1.54, 1.807) is 11.9 Å². The molecule has 0 saturated carbocycles. The van der Waals surface area contributed by atoms with E-state index in [4.69, 9.17) is 5.26 Å². The molecule has 0 radical (unpaired) electrons. The van der Waals surface area contributed by atoms with Crippen LogP contribution in [0.4, 0.5) is 0 Å². The number of nitrogens with zero attached hydrogens (tertiary/aromatic N) is 2. The van der Waals surface area contributed by atoms with E-state index in [-0.39, 0.29) is 11.8 Å². The second-order valence-electron chi connectivity index (χ2n) is 3.70. The van der Waals surface area contributed by atoms with Crippen LogP contribution >= 0.6 is 0 Å². The first kappa shape index (κ1) is 12.0. The van der Waals surface area contributed by atoms with Crippen LogP contribution in [-0.2, 0) is 4.79 Å². The van der Waals surface area contributed by atoms with Crippen molar-refractivity contribution in [3.63, 3.8) is 0 Å². The molecule has 74 valence electrons. The van der Waals surface area contributed by atoms with E-state index in [1.807, 2.05) is 26.8 Å². The lowest BCUT2D eigenvalue weighted by atomic mass is 9.97. The third-order valence-electron chi connectivity index (χ3n) is 2.32. The van der Waals surface area contributed by atoms with Gasteiger partial charge in [0.1, 0.15) is 0 Å². The number of carbonyl (C=O) groups excluding carboxylic acids is 1. The van der Waals surface area contributed by atoms with Gasteiger partial charge >= 0.3 is 0 Å². The van der Waals surface area contributed by atoms with E-state index in [0.717, 1.165) is 0 Å². The normalized spacial score (nSPS) is 12.3. The van der Waals surface area contributed by atoms with Gasteiger partial charge in [0.2, 0.25) is 5.91 Å². The van der Waals surface area contributed by atoms with E-state index in [2.05, 4.69) is 0 Å². The van der Waals surface area contributed by atoms with Crippen molar-refractivity contribution >= 4 is 5.91 Å². The Hall–Kier alpha value is -1.04. The highest BCUT2D eigenvalue weighted by atomic mass is 16.2. The zero-order valence-corrected chi connectivity index (χ0v) is 8.87. The molecule has 1 atom stereocenters. The molecular weight excluding hydrogens is 164 g/mol.